The van der Waals surface area contributed by atoms with Gasteiger partial charge in [-0.2, -0.15) is 0 Å². The number of carbonyl (C=O) groups is 1. The molecule has 2 aromatic rings. The summed E-state index contributed by atoms with van der Waals surface area (Å²) in [4.78, 5) is 12.6. The number of amides is 1. The van der Waals surface area contributed by atoms with Crippen LogP contribution >= 0.6 is 0 Å². The van der Waals surface area contributed by atoms with E-state index in [0.717, 1.165) is 28.8 Å². The van der Waals surface area contributed by atoms with E-state index in [-0.39, 0.29) is 17.6 Å². The van der Waals surface area contributed by atoms with Crippen molar-refractivity contribution in [2.75, 3.05) is 18.4 Å². The summed E-state index contributed by atoms with van der Waals surface area (Å²) in [7, 11) is -3.38. The quantitative estimate of drug-likeness (QED) is 0.803. The molecule has 0 saturated carbocycles. The second-order valence-electron chi connectivity index (χ2n) is 7.36. The fourth-order valence-electron chi connectivity index (χ4n) is 3.64. The number of hydrogen-bond acceptors (Lipinski definition) is 3. The van der Waals surface area contributed by atoms with Crippen molar-refractivity contribution in [3.8, 4) is 0 Å². The van der Waals surface area contributed by atoms with Crippen LogP contribution in [0.15, 0.2) is 48.5 Å². The van der Waals surface area contributed by atoms with E-state index in [9.17, 15) is 13.2 Å². The summed E-state index contributed by atoms with van der Waals surface area (Å²) in [6.07, 6.45) is 1.95. The minimum atomic E-state index is -3.38. The number of sulfonamides is 1. The van der Waals surface area contributed by atoms with Gasteiger partial charge < -0.3 is 5.32 Å². The number of aryl methyl sites for hydroxylation is 2. The van der Waals surface area contributed by atoms with Gasteiger partial charge in [-0.05, 0) is 48.9 Å². The molecule has 6 heteroatoms. The minimum absolute atomic E-state index is 0.0143. The Morgan fingerprint density at radius 3 is 2.29 bits per heavy atom. The minimum Gasteiger partial charge on any atom is -0.326 e. The molecule has 0 unspecified atom stereocenters. The van der Waals surface area contributed by atoms with Crippen molar-refractivity contribution in [1.82, 2.24) is 4.31 Å². The number of para-hydroxylation sites is 1. The zero-order valence-corrected chi connectivity index (χ0v) is 17.3. The van der Waals surface area contributed by atoms with Gasteiger partial charge in [0.15, 0.2) is 0 Å². The lowest BCUT2D eigenvalue weighted by Gasteiger charge is -2.31. The number of nitrogens with one attached hydrogen (secondary N) is 1. The Balaban J connectivity index is 1.59. The molecule has 1 heterocycles. The summed E-state index contributed by atoms with van der Waals surface area (Å²) in [5.74, 6) is -0.160. The molecule has 1 N–H and O–H groups in total. The standard InChI is InChI=1S/C22H28N2O3S/c1-3-18-9-6-7-11-21(18)23-22(25)19-12-14-24(15-13-19)28(26,27)16-20-10-5-4-8-17(20)2/h4-11,19H,3,12-16H2,1-2H3,(H,23,25). The predicted octanol–water partition coefficient (Wildman–Crippen LogP) is 3.74. The van der Waals surface area contributed by atoms with Crippen LogP contribution in [0.4, 0.5) is 5.69 Å². The molecule has 0 radical (unpaired) electrons. The molecule has 1 aliphatic rings. The van der Waals surface area contributed by atoms with Gasteiger partial charge in [0.2, 0.25) is 15.9 Å². The molecule has 0 bridgehead atoms. The Kier molecular flexibility index (Phi) is 6.52. The van der Waals surface area contributed by atoms with Crippen LogP contribution in [0, 0.1) is 12.8 Å². The monoisotopic (exact) mass is 400 g/mol. The third kappa shape index (κ3) is 4.80. The Morgan fingerprint density at radius 1 is 1.04 bits per heavy atom. The number of carbonyl (C=O) groups excluding carboxylic acids is 1. The lowest BCUT2D eigenvalue weighted by Crippen LogP contribution is -2.42. The Bertz CT molecular complexity index is 932. The Labute approximate surface area is 167 Å². The van der Waals surface area contributed by atoms with E-state index in [4.69, 9.17) is 0 Å². The molecule has 2 aromatic carbocycles. The highest BCUT2D eigenvalue weighted by Gasteiger charge is 2.31. The van der Waals surface area contributed by atoms with Gasteiger partial charge in [0.1, 0.15) is 0 Å². The van der Waals surface area contributed by atoms with Crippen molar-refractivity contribution < 1.29 is 13.2 Å². The van der Waals surface area contributed by atoms with Gasteiger partial charge in [-0.1, -0.05) is 49.4 Å². The zero-order chi connectivity index (χ0) is 20.1. The van der Waals surface area contributed by atoms with Gasteiger partial charge in [-0.3, -0.25) is 4.79 Å². The second kappa shape index (κ2) is 8.88. The van der Waals surface area contributed by atoms with Crippen molar-refractivity contribution in [3.63, 3.8) is 0 Å². The summed E-state index contributed by atoms with van der Waals surface area (Å²) in [6, 6.07) is 15.4. The third-order valence-corrected chi connectivity index (χ3v) is 7.30. The number of nitrogens with zero attached hydrogens (tertiary/aromatic N) is 1. The molecule has 1 fully saturated rings. The van der Waals surface area contributed by atoms with E-state index in [2.05, 4.69) is 12.2 Å². The number of anilines is 1. The van der Waals surface area contributed by atoms with E-state index in [1.807, 2.05) is 55.5 Å². The van der Waals surface area contributed by atoms with Gasteiger partial charge in [0, 0.05) is 24.7 Å². The van der Waals surface area contributed by atoms with Crippen LogP contribution < -0.4 is 5.32 Å². The van der Waals surface area contributed by atoms with Crippen LogP contribution in [0.1, 0.15) is 36.5 Å². The highest BCUT2D eigenvalue weighted by atomic mass is 32.2. The molecule has 1 saturated heterocycles. The molecule has 1 aliphatic heterocycles. The highest BCUT2D eigenvalue weighted by Crippen LogP contribution is 2.24. The fourth-order valence-corrected chi connectivity index (χ4v) is 5.31. The van der Waals surface area contributed by atoms with Crippen LogP contribution in [-0.2, 0) is 27.0 Å². The second-order valence-corrected chi connectivity index (χ2v) is 9.32. The van der Waals surface area contributed by atoms with E-state index < -0.39 is 10.0 Å². The van der Waals surface area contributed by atoms with Crippen LogP contribution in [0.25, 0.3) is 0 Å². The lowest BCUT2D eigenvalue weighted by molar-refractivity contribution is -0.120. The van der Waals surface area contributed by atoms with E-state index in [1.165, 1.54) is 4.31 Å². The van der Waals surface area contributed by atoms with Crippen LogP contribution in [0.2, 0.25) is 0 Å². The maximum absolute atomic E-state index is 12.8. The van der Waals surface area contributed by atoms with Crippen LogP contribution in [-0.4, -0.2) is 31.7 Å². The third-order valence-electron chi connectivity index (χ3n) is 5.47. The summed E-state index contributed by atoms with van der Waals surface area (Å²) >= 11 is 0. The summed E-state index contributed by atoms with van der Waals surface area (Å²) in [5.41, 5.74) is 3.77. The van der Waals surface area contributed by atoms with E-state index >= 15 is 0 Å². The molecule has 3 rings (SSSR count). The maximum Gasteiger partial charge on any atom is 0.227 e. The average Bonchev–Trinajstić information content (AvgIpc) is 2.70. The van der Waals surface area contributed by atoms with Crippen molar-refractivity contribution in [2.45, 2.75) is 38.9 Å². The lowest BCUT2D eigenvalue weighted by atomic mass is 9.97. The molecule has 0 atom stereocenters. The predicted molar refractivity (Wildman–Crippen MR) is 113 cm³/mol. The summed E-state index contributed by atoms with van der Waals surface area (Å²) in [5, 5.41) is 3.03. The molecule has 150 valence electrons. The molecular formula is C22H28N2O3S. The number of piperidine rings is 1. The SMILES string of the molecule is CCc1ccccc1NC(=O)C1CCN(S(=O)(=O)Cc2ccccc2C)CC1. The molecular weight excluding hydrogens is 372 g/mol. The number of rotatable bonds is 6. The first-order valence-corrected chi connectivity index (χ1v) is 11.4. The van der Waals surface area contributed by atoms with Crippen LogP contribution in [0.3, 0.4) is 0 Å². The van der Waals surface area contributed by atoms with E-state index in [0.29, 0.717) is 25.9 Å². The first-order valence-electron chi connectivity index (χ1n) is 9.82. The topological polar surface area (TPSA) is 66.5 Å². The van der Waals surface area contributed by atoms with E-state index in [1.54, 1.807) is 0 Å². The fraction of sp³-hybridized carbons (Fsp3) is 0.409. The molecule has 0 aromatic heterocycles. The maximum atomic E-state index is 12.8. The van der Waals surface area contributed by atoms with Crippen molar-refractivity contribution in [1.29, 1.82) is 0 Å². The Morgan fingerprint density at radius 2 is 1.64 bits per heavy atom. The first-order chi connectivity index (χ1) is 13.4. The molecule has 0 aliphatic carbocycles. The summed E-state index contributed by atoms with van der Waals surface area (Å²) < 4.78 is 27.1. The molecule has 28 heavy (non-hydrogen) atoms. The van der Waals surface area contributed by atoms with Crippen molar-refractivity contribution >= 4 is 21.6 Å². The molecule has 1 amide bonds. The van der Waals surface area contributed by atoms with Crippen molar-refractivity contribution in [2.24, 2.45) is 5.92 Å². The Hall–Kier alpha value is -2.18. The average molecular weight is 401 g/mol. The van der Waals surface area contributed by atoms with Gasteiger partial charge >= 0.3 is 0 Å². The number of hydrogen-bond donors (Lipinski definition) is 1. The molecule has 5 nitrogen and oxygen atoms in total. The number of benzene rings is 2. The van der Waals surface area contributed by atoms with Gasteiger partial charge in [0.05, 0.1) is 5.75 Å². The highest BCUT2D eigenvalue weighted by molar-refractivity contribution is 7.88. The normalized spacial score (nSPS) is 16.1. The molecule has 0 spiro atoms. The first kappa shape index (κ1) is 20.6. The summed E-state index contributed by atoms with van der Waals surface area (Å²) in [6.45, 7) is 4.77. The largest absolute Gasteiger partial charge is 0.326 e. The van der Waals surface area contributed by atoms with Gasteiger partial charge in [0.25, 0.3) is 0 Å². The van der Waals surface area contributed by atoms with Gasteiger partial charge in [-0.15, -0.1) is 0 Å². The smallest absolute Gasteiger partial charge is 0.227 e. The zero-order valence-electron chi connectivity index (χ0n) is 16.5. The van der Waals surface area contributed by atoms with Crippen LogP contribution in [0.5, 0.6) is 0 Å². The van der Waals surface area contributed by atoms with Crippen molar-refractivity contribution in [3.05, 3.63) is 65.2 Å². The van der Waals surface area contributed by atoms with Gasteiger partial charge in [-0.25, -0.2) is 12.7 Å².